The van der Waals surface area contributed by atoms with E-state index in [2.05, 4.69) is 24.0 Å². The topological polar surface area (TPSA) is 74.2 Å². The molecule has 2 saturated heterocycles. The maximum Gasteiger partial charge on any atom is 0.243 e. The Morgan fingerprint density at radius 1 is 1.39 bits per heavy atom. The van der Waals surface area contributed by atoms with E-state index in [4.69, 9.17) is 15.0 Å². The number of nitrogens with zero attached hydrogens (tertiary/aromatic N) is 2. The molecule has 0 radical (unpaired) electrons. The van der Waals surface area contributed by atoms with Gasteiger partial charge in [-0.15, -0.1) is 0 Å². The number of ether oxygens (including phenoxy) is 1. The van der Waals surface area contributed by atoms with Crippen molar-refractivity contribution in [3.8, 4) is 0 Å². The second kappa shape index (κ2) is 4.63. The highest BCUT2D eigenvalue weighted by molar-refractivity contribution is 5.07. The Balaban J connectivity index is 1.70. The molecule has 2 aliphatic heterocycles. The zero-order valence-corrected chi connectivity index (χ0v) is 11.0. The van der Waals surface area contributed by atoms with Crippen LogP contribution >= 0.6 is 0 Å². The molecule has 4 atom stereocenters. The molecule has 2 fully saturated rings. The van der Waals surface area contributed by atoms with Crippen LogP contribution < -0.4 is 5.73 Å². The van der Waals surface area contributed by atoms with Gasteiger partial charge in [0.15, 0.2) is 5.82 Å². The van der Waals surface area contributed by atoms with Crippen molar-refractivity contribution >= 4 is 0 Å². The van der Waals surface area contributed by atoms with Crippen molar-refractivity contribution in [2.75, 3.05) is 0 Å². The van der Waals surface area contributed by atoms with E-state index in [1.165, 1.54) is 6.42 Å². The summed E-state index contributed by atoms with van der Waals surface area (Å²) < 4.78 is 11.1. The number of hydrogen-bond donors (Lipinski definition) is 1. The van der Waals surface area contributed by atoms with Crippen LogP contribution in [0.2, 0.25) is 0 Å². The molecule has 3 heterocycles. The molecule has 2 bridgehead atoms. The Hall–Kier alpha value is -0.940. The first-order valence-corrected chi connectivity index (χ1v) is 6.88. The molecular formula is C13H21N3O2. The summed E-state index contributed by atoms with van der Waals surface area (Å²) in [4.78, 5) is 4.48. The highest BCUT2D eigenvalue weighted by Crippen LogP contribution is 2.43. The van der Waals surface area contributed by atoms with Crippen LogP contribution in [0.15, 0.2) is 4.52 Å². The van der Waals surface area contributed by atoms with E-state index in [1.54, 1.807) is 0 Å². The Morgan fingerprint density at radius 2 is 2.22 bits per heavy atom. The minimum atomic E-state index is -0.147. The minimum absolute atomic E-state index is 0.147. The van der Waals surface area contributed by atoms with Crippen LogP contribution in [0.5, 0.6) is 0 Å². The lowest BCUT2D eigenvalue weighted by atomic mass is 9.89. The standard InChI is InChI=1S/C13H21N3O2/c1-7(2)5-10(14)13-15-12(16-18-13)9-6-8-3-4-11(9)17-8/h7-11H,3-6,14H2,1-2H3. The van der Waals surface area contributed by atoms with Crippen LogP contribution in [0.1, 0.15) is 63.2 Å². The van der Waals surface area contributed by atoms with Gasteiger partial charge in [0.05, 0.1) is 24.2 Å². The first kappa shape index (κ1) is 12.1. The van der Waals surface area contributed by atoms with Crippen LogP contribution in [0.25, 0.3) is 0 Å². The molecule has 0 spiro atoms. The largest absolute Gasteiger partial charge is 0.374 e. The smallest absolute Gasteiger partial charge is 0.243 e. The molecule has 5 heteroatoms. The molecular weight excluding hydrogens is 230 g/mol. The zero-order valence-electron chi connectivity index (χ0n) is 11.0. The van der Waals surface area contributed by atoms with Gasteiger partial charge in [-0.1, -0.05) is 19.0 Å². The van der Waals surface area contributed by atoms with E-state index >= 15 is 0 Å². The summed E-state index contributed by atoms with van der Waals surface area (Å²) in [5.74, 6) is 2.20. The van der Waals surface area contributed by atoms with Crippen molar-refractivity contribution in [3.05, 3.63) is 11.7 Å². The lowest BCUT2D eigenvalue weighted by Crippen LogP contribution is -2.17. The molecule has 0 aliphatic carbocycles. The van der Waals surface area contributed by atoms with Crippen LogP contribution in [0.4, 0.5) is 0 Å². The Labute approximate surface area is 107 Å². The summed E-state index contributed by atoms with van der Waals surface area (Å²) in [6, 6.07) is -0.147. The van der Waals surface area contributed by atoms with E-state index in [-0.39, 0.29) is 6.04 Å². The van der Waals surface area contributed by atoms with Gasteiger partial charge in [-0.2, -0.15) is 4.98 Å². The van der Waals surface area contributed by atoms with Gasteiger partial charge in [0.1, 0.15) is 0 Å². The highest BCUT2D eigenvalue weighted by atomic mass is 16.5. The molecule has 1 aromatic heterocycles. The quantitative estimate of drug-likeness (QED) is 0.887. The number of fused-ring (bicyclic) bond motifs is 2. The van der Waals surface area contributed by atoms with Crippen LogP contribution in [-0.4, -0.2) is 22.3 Å². The fourth-order valence-corrected chi connectivity index (χ4v) is 3.07. The van der Waals surface area contributed by atoms with Gasteiger partial charge in [-0.05, 0) is 31.6 Å². The maximum absolute atomic E-state index is 6.06. The Morgan fingerprint density at radius 3 is 2.83 bits per heavy atom. The van der Waals surface area contributed by atoms with E-state index in [9.17, 15) is 0 Å². The SMILES string of the molecule is CC(C)CC(N)c1nc(C2CC3CCC2O3)no1. The van der Waals surface area contributed by atoms with Gasteiger partial charge in [-0.3, -0.25) is 0 Å². The Bertz CT molecular complexity index is 418. The molecule has 2 N–H and O–H groups in total. The summed E-state index contributed by atoms with van der Waals surface area (Å²) in [7, 11) is 0. The fraction of sp³-hybridized carbons (Fsp3) is 0.846. The van der Waals surface area contributed by atoms with Crippen LogP contribution in [-0.2, 0) is 4.74 Å². The van der Waals surface area contributed by atoms with E-state index in [0.717, 1.165) is 25.1 Å². The Kier molecular flexibility index (Phi) is 3.11. The predicted octanol–water partition coefficient (Wildman–Crippen LogP) is 2.15. The average Bonchev–Trinajstić information content (AvgIpc) is 3.03. The number of nitrogens with two attached hydrogens (primary N) is 1. The van der Waals surface area contributed by atoms with Crippen molar-refractivity contribution < 1.29 is 9.26 Å². The van der Waals surface area contributed by atoms with Crippen molar-refractivity contribution in [1.82, 2.24) is 10.1 Å². The van der Waals surface area contributed by atoms with Crippen molar-refractivity contribution in [1.29, 1.82) is 0 Å². The predicted molar refractivity (Wildman–Crippen MR) is 65.9 cm³/mol. The van der Waals surface area contributed by atoms with E-state index in [0.29, 0.717) is 29.9 Å². The third-order valence-electron chi connectivity index (χ3n) is 3.94. The third-order valence-corrected chi connectivity index (χ3v) is 3.94. The molecule has 4 unspecified atom stereocenters. The van der Waals surface area contributed by atoms with E-state index < -0.39 is 0 Å². The first-order chi connectivity index (χ1) is 8.63. The summed E-state index contributed by atoms with van der Waals surface area (Å²) in [5.41, 5.74) is 6.06. The van der Waals surface area contributed by atoms with Crippen molar-refractivity contribution in [2.45, 2.75) is 63.7 Å². The molecule has 3 rings (SSSR count). The molecule has 18 heavy (non-hydrogen) atoms. The number of hydrogen-bond acceptors (Lipinski definition) is 5. The minimum Gasteiger partial charge on any atom is -0.374 e. The summed E-state index contributed by atoms with van der Waals surface area (Å²) in [6.45, 7) is 4.28. The molecule has 0 saturated carbocycles. The summed E-state index contributed by atoms with van der Waals surface area (Å²) >= 11 is 0. The van der Waals surface area contributed by atoms with Gasteiger partial charge in [0.25, 0.3) is 0 Å². The second-order valence-electron chi connectivity index (χ2n) is 5.94. The lowest BCUT2D eigenvalue weighted by Gasteiger charge is -2.14. The third kappa shape index (κ3) is 2.17. The molecule has 0 aromatic carbocycles. The fourth-order valence-electron chi connectivity index (χ4n) is 3.07. The second-order valence-corrected chi connectivity index (χ2v) is 5.94. The van der Waals surface area contributed by atoms with E-state index in [1.807, 2.05) is 0 Å². The van der Waals surface area contributed by atoms with Crippen molar-refractivity contribution in [3.63, 3.8) is 0 Å². The van der Waals surface area contributed by atoms with Crippen molar-refractivity contribution in [2.24, 2.45) is 11.7 Å². The average molecular weight is 251 g/mol. The molecule has 2 aliphatic rings. The van der Waals surface area contributed by atoms with Crippen LogP contribution in [0.3, 0.4) is 0 Å². The zero-order chi connectivity index (χ0) is 12.7. The highest BCUT2D eigenvalue weighted by Gasteiger charge is 2.43. The number of aromatic nitrogens is 2. The first-order valence-electron chi connectivity index (χ1n) is 6.88. The summed E-state index contributed by atoms with van der Waals surface area (Å²) in [5, 5.41) is 4.10. The van der Waals surface area contributed by atoms with Gasteiger partial charge in [0, 0.05) is 0 Å². The summed E-state index contributed by atoms with van der Waals surface area (Å²) in [6.07, 6.45) is 4.90. The van der Waals surface area contributed by atoms with Gasteiger partial charge in [0.2, 0.25) is 5.89 Å². The van der Waals surface area contributed by atoms with Gasteiger partial charge < -0.3 is 15.0 Å². The molecule has 5 nitrogen and oxygen atoms in total. The van der Waals surface area contributed by atoms with Crippen LogP contribution in [0, 0.1) is 5.92 Å². The molecule has 1 aromatic rings. The number of rotatable bonds is 4. The van der Waals surface area contributed by atoms with Gasteiger partial charge in [-0.25, -0.2) is 0 Å². The monoisotopic (exact) mass is 251 g/mol. The van der Waals surface area contributed by atoms with Gasteiger partial charge >= 0.3 is 0 Å². The maximum atomic E-state index is 6.06. The lowest BCUT2D eigenvalue weighted by molar-refractivity contribution is 0.0996. The molecule has 0 amide bonds. The normalized spacial score (nSPS) is 32.3. The molecule has 100 valence electrons.